The zero-order valence-corrected chi connectivity index (χ0v) is 21.1. The first-order valence-electron chi connectivity index (χ1n) is 11.8. The first-order valence-corrected chi connectivity index (χ1v) is 12.6. The van der Waals surface area contributed by atoms with E-state index in [2.05, 4.69) is 73.7 Å². The predicted molar refractivity (Wildman–Crippen MR) is 147 cm³/mol. The zero-order valence-electron chi connectivity index (χ0n) is 19.6. The minimum atomic E-state index is -0.0483. The van der Waals surface area contributed by atoms with Gasteiger partial charge in [0.25, 0.3) is 0 Å². The highest BCUT2D eigenvalue weighted by Crippen LogP contribution is 2.39. The lowest BCUT2D eigenvalue weighted by atomic mass is 10.0. The second kappa shape index (κ2) is 10.5. The summed E-state index contributed by atoms with van der Waals surface area (Å²) in [5.41, 5.74) is 5.39. The monoisotopic (exact) mass is 501 g/mol. The van der Waals surface area contributed by atoms with Crippen molar-refractivity contribution in [3.8, 4) is 5.69 Å². The van der Waals surface area contributed by atoms with Crippen LogP contribution in [0, 0.1) is 6.92 Å². The largest absolute Gasteiger partial charge is 0.385 e. The van der Waals surface area contributed by atoms with E-state index >= 15 is 0 Å². The number of halogens is 1. The summed E-state index contributed by atoms with van der Waals surface area (Å²) < 4.78 is 2.23. The Bertz CT molecular complexity index is 1290. The maximum Gasteiger partial charge on any atom is 0.170 e. The van der Waals surface area contributed by atoms with Crippen molar-refractivity contribution in [3.05, 3.63) is 113 Å². The van der Waals surface area contributed by atoms with Crippen molar-refractivity contribution in [1.29, 1.82) is 0 Å². The van der Waals surface area contributed by atoms with Crippen LogP contribution in [0.4, 0.5) is 5.69 Å². The molecule has 2 aromatic carbocycles. The Hall–Kier alpha value is -3.35. The van der Waals surface area contributed by atoms with Gasteiger partial charge in [-0.15, -0.1) is 0 Å². The van der Waals surface area contributed by atoms with E-state index in [0.717, 1.165) is 58.0 Å². The first kappa shape index (κ1) is 23.4. The number of benzene rings is 2. The molecule has 1 saturated heterocycles. The molecule has 1 fully saturated rings. The molecule has 35 heavy (non-hydrogen) atoms. The fraction of sp³-hybridized carbons (Fsp3) is 0.214. The number of pyridine rings is 1. The van der Waals surface area contributed by atoms with Crippen molar-refractivity contribution in [2.45, 2.75) is 25.4 Å². The molecule has 178 valence electrons. The second-order valence-electron chi connectivity index (χ2n) is 8.70. The van der Waals surface area contributed by atoms with Crippen LogP contribution in [-0.2, 0) is 0 Å². The lowest BCUT2D eigenvalue weighted by molar-refractivity contribution is 0.307. The number of nitrogens with zero attached hydrogens (tertiary/aromatic N) is 3. The number of rotatable bonds is 8. The molecule has 7 heteroatoms. The third-order valence-electron chi connectivity index (χ3n) is 6.38. The SMILES string of the molecule is Cc1cc(-n2cccc2[C@H]2[C@H](c3ccccn3)NC(=S)N2CCCNc2ccccc2)ccc1Cl. The Balaban J connectivity index is 1.44. The maximum atomic E-state index is 6.31. The molecule has 0 bridgehead atoms. The Kier molecular flexibility index (Phi) is 7.02. The van der Waals surface area contributed by atoms with Gasteiger partial charge in [-0.3, -0.25) is 4.98 Å². The van der Waals surface area contributed by atoms with Crippen LogP contribution in [0.25, 0.3) is 5.69 Å². The summed E-state index contributed by atoms with van der Waals surface area (Å²) >= 11 is 12.2. The lowest BCUT2D eigenvalue weighted by Crippen LogP contribution is -2.32. The third kappa shape index (κ3) is 5.04. The van der Waals surface area contributed by atoms with Gasteiger partial charge in [0, 0.05) is 47.6 Å². The molecule has 1 aliphatic heterocycles. The molecule has 0 radical (unpaired) electrons. The first-order chi connectivity index (χ1) is 17.1. The number of aryl methyl sites for hydroxylation is 1. The summed E-state index contributed by atoms with van der Waals surface area (Å²) in [7, 11) is 0. The van der Waals surface area contributed by atoms with Gasteiger partial charge in [0.1, 0.15) is 0 Å². The molecule has 2 N–H and O–H groups in total. The fourth-order valence-electron chi connectivity index (χ4n) is 4.65. The minimum absolute atomic E-state index is 0.000101. The van der Waals surface area contributed by atoms with Crippen LogP contribution in [0.15, 0.2) is 91.3 Å². The van der Waals surface area contributed by atoms with Gasteiger partial charge in [0.05, 0.1) is 17.8 Å². The molecule has 2 aromatic heterocycles. The molecular formula is C28H28ClN5S. The molecule has 0 aliphatic carbocycles. The minimum Gasteiger partial charge on any atom is -0.385 e. The van der Waals surface area contributed by atoms with E-state index in [0.29, 0.717) is 0 Å². The van der Waals surface area contributed by atoms with Crippen LogP contribution in [0.3, 0.4) is 0 Å². The topological polar surface area (TPSA) is 45.1 Å². The number of anilines is 1. The van der Waals surface area contributed by atoms with Gasteiger partial charge >= 0.3 is 0 Å². The normalized spacial score (nSPS) is 17.4. The van der Waals surface area contributed by atoms with Crippen LogP contribution in [0.2, 0.25) is 5.02 Å². The number of hydrogen-bond donors (Lipinski definition) is 2. The number of thiocarbonyl (C=S) groups is 1. The summed E-state index contributed by atoms with van der Waals surface area (Å²) in [6.07, 6.45) is 4.89. The van der Waals surface area contributed by atoms with Crippen molar-refractivity contribution in [3.63, 3.8) is 0 Å². The Morgan fingerprint density at radius 2 is 1.86 bits per heavy atom. The molecule has 5 nitrogen and oxygen atoms in total. The van der Waals surface area contributed by atoms with Crippen molar-refractivity contribution in [2.24, 2.45) is 0 Å². The Morgan fingerprint density at radius 3 is 2.63 bits per heavy atom. The molecular weight excluding hydrogens is 474 g/mol. The second-order valence-corrected chi connectivity index (χ2v) is 9.50. The molecule has 0 unspecified atom stereocenters. The zero-order chi connectivity index (χ0) is 24.2. The predicted octanol–water partition coefficient (Wildman–Crippen LogP) is 6.31. The van der Waals surface area contributed by atoms with Gasteiger partial charge < -0.3 is 20.1 Å². The molecule has 2 atom stereocenters. The van der Waals surface area contributed by atoms with Crippen molar-refractivity contribution in [2.75, 3.05) is 18.4 Å². The maximum absolute atomic E-state index is 6.31. The molecule has 0 amide bonds. The standard InChI is InChI=1S/C28H28ClN5S/c1-20-19-22(13-14-23(20)29)33-17-7-12-25(33)27-26(24-11-5-6-15-31-24)32-28(35)34(27)18-8-16-30-21-9-3-2-4-10-21/h2-7,9-15,17,19,26-27,30H,8,16,18H2,1H3,(H,32,35)/t26-,27-/m0/s1. The average Bonchev–Trinajstić information content (AvgIpc) is 3.49. The van der Waals surface area contributed by atoms with Crippen LogP contribution >= 0.6 is 23.8 Å². The molecule has 4 aromatic rings. The highest BCUT2D eigenvalue weighted by Gasteiger charge is 2.40. The molecule has 1 aliphatic rings. The highest BCUT2D eigenvalue weighted by atomic mass is 35.5. The number of nitrogens with one attached hydrogen (secondary N) is 2. The quantitative estimate of drug-likeness (QED) is 0.219. The van der Waals surface area contributed by atoms with Crippen molar-refractivity contribution in [1.82, 2.24) is 19.8 Å². The van der Waals surface area contributed by atoms with E-state index in [1.165, 1.54) is 0 Å². The van der Waals surface area contributed by atoms with Gasteiger partial charge in [-0.25, -0.2) is 0 Å². The van der Waals surface area contributed by atoms with Crippen LogP contribution < -0.4 is 10.6 Å². The fourth-order valence-corrected chi connectivity index (χ4v) is 5.10. The van der Waals surface area contributed by atoms with Gasteiger partial charge in [-0.1, -0.05) is 35.9 Å². The van der Waals surface area contributed by atoms with Gasteiger partial charge in [-0.2, -0.15) is 0 Å². The average molecular weight is 502 g/mol. The summed E-state index contributed by atoms with van der Waals surface area (Å²) in [5, 5.41) is 8.58. The Morgan fingerprint density at radius 1 is 1.03 bits per heavy atom. The van der Waals surface area contributed by atoms with E-state index in [1.54, 1.807) is 0 Å². The van der Waals surface area contributed by atoms with E-state index in [1.807, 2.05) is 49.5 Å². The van der Waals surface area contributed by atoms with E-state index in [9.17, 15) is 0 Å². The molecule has 0 saturated carbocycles. The summed E-state index contributed by atoms with van der Waals surface area (Å²) in [5.74, 6) is 0. The Labute approximate surface area is 216 Å². The number of para-hydroxylation sites is 1. The van der Waals surface area contributed by atoms with Gasteiger partial charge in [0.15, 0.2) is 5.11 Å². The van der Waals surface area contributed by atoms with Crippen molar-refractivity contribution >= 4 is 34.6 Å². The van der Waals surface area contributed by atoms with E-state index in [4.69, 9.17) is 23.8 Å². The molecule has 3 heterocycles. The van der Waals surface area contributed by atoms with Crippen LogP contribution in [0.5, 0.6) is 0 Å². The summed E-state index contributed by atoms with van der Waals surface area (Å²) in [4.78, 5) is 6.97. The number of aromatic nitrogens is 2. The molecule has 5 rings (SSSR count). The molecule has 0 spiro atoms. The van der Waals surface area contributed by atoms with Crippen LogP contribution in [0.1, 0.15) is 35.5 Å². The summed E-state index contributed by atoms with van der Waals surface area (Å²) in [6.45, 7) is 3.72. The van der Waals surface area contributed by atoms with Crippen molar-refractivity contribution < 1.29 is 0 Å². The van der Waals surface area contributed by atoms with E-state index < -0.39 is 0 Å². The van der Waals surface area contributed by atoms with Gasteiger partial charge in [0.2, 0.25) is 0 Å². The van der Waals surface area contributed by atoms with Gasteiger partial charge in [-0.05, 0) is 85.7 Å². The van der Waals surface area contributed by atoms with E-state index in [-0.39, 0.29) is 12.1 Å². The smallest absolute Gasteiger partial charge is 0.170 e. The summed E-state index contributed by atoms with van der Waals surface area (Å²) in [6, 6.07) is 26.7. The lowest BCUT2D eigenvalue weighted by Gasteiger charge is -2.29. The van der Waals surface area contributed by atoms with Crippen LogP contribution in [-0.4, -0.2) is 32.7 Å². The highest BCUT2D eigenvalue weighted by molar-refractivity contribution is 7.80. The third-order valence-corrected chi connectivity index (χ3v) is 7.16. The number of hydrogen-bond acceptors (Lipinski definition) is 3.